The van der Waals surface area contributed by atoms with Crippen molar-refractivity contribution in [3.63, 3.8) is 0 Å². The number of benzene rings is 2. The molecule has 1 saturated heterocycles. The molecule has 0 bridgehead atoms. The van der Waals surface area contributed by atoms with Gasteiger partial charge in [0.15, 0.2) is 0 Å². The normalized spacial score (nSPS) is 18.2. The van der Waals surface area contributed by atoms with Crippen LogP contribution < -0.4 is 4.90 Å². The number of hydrogen-bond acceptors (Lipinski definition) is 4. The van der Waals surface area contributed by atoms with Gasteiger partial charge in [0.05, 0.1) is 22.4 Å². The Hall–Kier alpha value is -3.13. The fourth-order valence-electron chi connectivity index (χ4n) is 5.12. The van der Waals surface area contributed by atoms with Crippen LogP contribution in [-0.2, 0) is 15.0 Å². The second-order valence-corrected chi connectivity index (χ2v) is 12.0. The molecule has 0 aliphatic carbocycles. The number of aromatic nitrogens is 2. The third-order valence-corrected chi connectivity index (χ3v) is 8.23. The quantitative estimate of drug-likeness (QED) is 0.462. The summed E-state index contributed by atoms with van der Waals surface area (Å²) in [5, 5.41) is 4.87. The Balaban J connectivity index is 1.75. The van der Waals surface area contributed by atoms with Gasteiger partial charge in [0.2, 0.25) is 11.8 Å². The number of carbonyl (C=O) groups is 2. The van der Waals surface area contributed by atoms with Gasteiger partial charge < -0.3 is 4.90 Å². The molecule has 1 atom stereocenters. The summed E-state index contributed by atoms with van der Waals surface area (Å²) in [7, 11) is 0. The fraction of sp³-hybridized carbons (Fsp3) is 0.414. The average Bonchev–Trinajstić information content (AvgIpc) is 3.50. The number of carbonyl (C=O) groups excluding carboxylic acids is 2. The van der Waals surface area contributed by atoms with Crippen LogP contribution in [0.4, 0.5) is 10.2 Å². The lowest BCUT2D eigenvalue weighted by molar-refractivity contribution is -0.130. The van der Waals surface area contributed by atoms with Crippen molar-refractivity contribution in [1.82, 2.24) is 14.7 Å². The van der Waals surface area contributed by atoms with Gasteiger partial charge in [-0.2, -0.15) is 5.10 Å². The van der Waals surface area contributed by atoms with Crippen molar-refractivity contribution < 1.29 is 14.0 Å². The van der Waals surface area contributed by atoms with E-state index in [0.717, 1.165) is 54.0 Å². The molecule has 6 nitrogen and oxygen atoms in total. The number of thioether (sulfide) groups is 1. The standard InChI is InChI=1S/C29H33FN4O2S/c1-19-8-7-9-22(16-19)34-28-25(27(31-34)29(2,3)4)26(20-10-12-21(30)13-11-20)37-18-24(36)33(28)17-23(35)32-14-5-6-15-32/h7-13,16,26H,5-6,14-15,17-18H2,1-4H3/t26-/m1/s1. The van der Waals surface area contributed by atoms with E-state index in [1.165, 1.54) is 23.9 Å². The Bertz CT molecular complexity index is 1320. The van der Waals surface area contributed by atoms with Crippen molar-refractivity contribution >= 4 is 29.4 Å². The minimum atomic E-state index is -0.337. The van der Waals surface area contributed by atoms with Gasteiger partial charge in [-0.3, -0.25) is 14.5 Å². The number of amides is 2. The predicted octanol–water partition coefficient (Wildman–Crippen LogP) is 5.41. The fourth-order valence-corrected chi connectivity index (χ4v) is 6.31. The second-order valence-electron chi connectivity index (χ2n) is 10.9. The van der Waals surface area contributed by atoms with Gasteiger partial charge in [0.1, 0.15) is 18.2 Å². The first kappa shape index (κ1) is 25.5. The highest BCUT2D eigenvalue weighted by molar-refractivity contribution is 8.00. The molecule has 2 aromatic carbocycles. The van der Waals surface area contributed by atoms with Gasteiger partial charge in [-0.25, -0.2) is 9.07 Å². The summed E-state index contributed by atoms with van der Waals surface area (Å²) in [5.74, 6) is 0.367. The number of fused-ring (bicyclic) bond motifs is 1. The summed E-state index contributed by atoms with van der Waals surface area (Å²) in [4.78, 5) is 30.5. The van der Waals surface area contributed by atoms with Crippen molar-refractivity contribution in [3.05, 3.63) is 76.7 Å². The van der Waals surface area contributed by atoms with Gasteiger partial charge in [0.25, 0.3) is 0 Å². The number of nitrogens with zero attached hydrogens (tertiary/aromatic N) is 4. The Morgan fingerprint density at radius 3 is 2.46 bits per heavy atom. The molecule has 2 amide bonds. The molecular weight excluding hydrogens is 487 g/mol. The van der Waals surface area contributed by atoms with E-state index in [1.54, 1.807) is 17.0 Å². The van der Waals surface area contributed by atoms with Crippen LogP contribution in [0.3, 0.4) is 0 Å². The van der Waals surface area contributed by atoms with E-state index >= 15 is 0 Å². The average molecular weight is 521 g/mol. The molecule has 8 heteroatoms. The lowest BCUT2D eigenvalue weighted by Gasteiger charge is -2.26. The minimum absolute atomic E-state index is 0.0242. The van der Waals surface area contributed by atoms with E-state index in [9.17, 15) is 14.0 Å². The molecule has 5 rings (SSSR count). The predicted molar refractivity (Wildman–Crippen MR) is 146 cm³/mol. The van der Waals surface area contributed by atoms with Gasteiger partial charge in [-0.1, -0.05) is 45.0 Å². The maximum Gasteiger partial charge on any atom is 0.242 e. The minimum Gasteiger partial charge on any atom is -0.341 e. The lowest BCUT2D eigenvalue weighted by atomic mass is 9.87. The molecule has 194 valence electrons. The lowest BCUT2D eigenvalue weighted by Crippen LogP contribution is -2.43. The molecular formula is C29H33FN4O2S. The maximum absolute atomic E-state index is 13.8. The van der Waals surface area contributed by atoms with Crippen molar-refractivity contribution in [2.45, 2.75) is 51.2 Å². The van der Waals surface area contributed by atoms with Crippen LogP contribution in [-0.4, -0.2) is 51.9 Å². The van der Waals surface area contributed by atoms with Crippen molar-refractivity contribution in [2.75, 3.05) is 30.3 Å². The van der Waals surface area contributed by atoms with E-state index < -0.39 is 0 Å². The van der Waals surface area contributed by atoms with Crippen molar-refractivity contribution in [3.8, 4) is 5.69 Å². The summed E-state index contributed by atoms with van der Waals surface area (Å²) < 4.78 is 15.7. The zero-order valence-corrected chi connectivity index (χ0v) is 22.6. The number of rotatable bonds is 4. The number of hydrogen-bond donors (Lipinski definition) is 0. The van der Waals surface area contributed by atoms with E-state index in [4.69, 9.17) is 5.10 Å². The van der Waals surface area contributed by atoms with Crippen LogP contribution in [0.5, 0.6) is 0 Å². The number of likely N-dealkylation sites (tertiary alicyclic amines) is 1. The van der Waals surface area contributed by atoms with Gasteiger partial charge in [-0.15, -0.1) is 11.8 Å². The number of halogens is 1. The van der Waals surface area contributed by atoms with Crippen LogP contribution in [0.2, 0.25) is 0 Å². The highest BCUT2D eigenvalue weighted by Crippen LogP contribution is 2.48. The molecule has 0 radical (unpaired) electrons. The first-order valence-electron chi connectivity index (χ1n) is 12.8. The van der Waals surface area contributed by atoms with Crippen molar-refractivity contribution in [1.29, 1.82) is 0 Å². The zero-order chi connectivity index (χ0) is 26.3. The molecule has 0 saturated carbocycles. The van der Waals surface area contributed by atoms with Gasteiger partial charge >= 0.3 is 0 Å². The van der Waals surface area contributed by atoms with Crippen LogP contribution in [0.1, 0.15) is 61.2 Å². The van der Waals surface area contributed by atoms with Crippen LogP contribution in [0, 0.1) is 12.7 Å². The summed E-state index contributed by atoms with van der Waals surface area (Å²) >= 11 is 1.51. The third-order valence-electron chi connectivity index (χ3n) is 6.97. The highest BCUT2D eigenvalue weighted by atomic mass is 32.2. The van der Waals surface area contributed by atoms with E-state index in [0.29, 0.717) is 5.82 Å². The summed E-state index contributed by atoms with van der Waals surface area (Å²) in [6, 6.07) is 14.5. The van der Waals surface area contributed by atoms with Crippen LogP contribution in [0.25, 0.3) is 5.69 Å². The van der Waals surface area contributed by atoms with Gasteiger partial charge in [-0.05, 0) is 55.2 Å². The Kier molecular flexibility index (Phi) is 6.88. The maximum atomic E-state index is 13.8. The largest absolute Gasteiger partial charge is 0.341 e. The van der Waals surface area contributed by atoms with Crippen molar-refractivity contribution in [2.24, 2.45) is 0 Å². The number of aryl methyl sites for hydroxylation is 1. The monoisotopic (exact) mass is 520 g/mol. The Morgan fingerprint density at radius 2 is 1.81 bits per heavy atom. The SMILES string of the molecule is Cc1cccc(-n2nc(C(C)(C)C)c3c2N(CC(=O)N2CCCC2)C(=O)CS[C@@H]3c2ccc(F)cc2)c1. The van der Waals surface area contributed by atoms with E-state index in [1.807, 2.05) is 40.8 Å². The van der Waals surface area contributed by atoms with E-state index in [2.05, 4.69) is 20.8 Å². The van der Waals surface area contributed by atoms with Gasteiger partial charge in [0, 0.05) is 24.1 Å². The molecule has 3 heterocycles. The molecule has 0 N–H and O–H groups in total. The molecule has 0 unspecified atom stereocenters. The van der Waals surface area contributed by atoms with E-state index in [-0.39, 0.29) is 40.6 Å². The summed E-state index contributed by atoms with van der Waals surface area (Å²) in [6.07, 6.45) is 1.98. The third kappa shape index (κ3) is 5.04. The molecule has 2 aliphatic heterocycles. The first-order chi connectivity index (χ1) is 17.6. The highest BCUT2D eigenvalue weighted by Gasteiger charge is 2.40. The topological polar surface area (TPSA) is 58.4 Å². The molecule has 1 fully saturated rings. The smallest absolute Gasteiger partial charge is 0.242 e. The van der Waals surface area contributed by atoms with Crippen LogP contribution in [0.15, 0.2) is 48.5 Å². The zero-order valence-electron chi connectivity index (χ0n) is 21.8. The summed E-state index contributed by atoms with van der Waals surface area (Å²) in [5.41, 5.74) is 4.24. The first-order valence-corrected chi connectivity index (χ1v) is 13.8. The second kappa shape index (κ2) is 9.97. The Labute approximate surface area is 221 Å². The summed E-state index contributed by atoms with van der Waals surface area (Å²) in [6.45, 7) is 9.77. The molecule has 2 aliphatic rings. The Morgan fingerprint density at radius 1 is 1.11 bits per heavy atom. The van der Waals surface area contributed by atoms with Crippen LogP contribution >= 0.6 is 11.8 Å². The molecule has 3 aromatic rings. The number of anilines is 1. The molecule has 1 aromatic heterocycles. The molecule has 0 spiro atoms. The molecule has 37 heavy (non-hydrogen) atoms.